The van der Waals surface area contributed by atoms with E-state index < -0.39 is 0 Å². The maximum Gasteiger partial charge on any atom is 0.0534 e. The molecule has 0 spiro atoms. The molecule has 1 radical (unpaired) electrons. The molecule has 0 atom stereocenters. The summed E-state index contributed by atoms with van der Waals surface area (Å²) in [4.78, 5) is 4.80. The number of nitrogens with zero attached hydrogens (tertiary/aromatic N) is 2. The maximum absolute atomic E-state index is 4.80. The number of hydrogen-bond donors (Lipinski definition) is 0. The van der Waals surface area contributed by atoms with E-state index in [9.17, 15) is 0 Å². The second-order valence-electron chi connectivity index (χ2n) is 8.85. The van der Waals surface area contributed by atoms with Gasteiger partial charge >= 0.3 is 0 Å². The summed E-state index contributed by atoms with van der Waals surface area (Å²) >= 11 is 0. The molecule has 0 unspecified atom stereocenters. The van der Waals surface area contributed by atoms with Crippen LogP contribution in [0.25, 0.3) is 49.2 Å². The average molecular weight is 566 g/mol. The molecular formula is C27H21IrN2-. The first-order valence-corrected chi connectivity index (χ1v) is 10.1. The van der Waals surface area contributed by atoms with Crippen molar-refractivity contribution in [1.82, 2.24) is 9.55 Å². The largest absolute Gasteiger partial charge is 0.310 e. The second kappa shape index (κ2) is 6.63. The molecule has 0 aliphatic carbocycles. The molecule has 30 heavy (non-hydrogen) atoms. The zero-order valence-electron chi connectivity index (χ0n) is 17.2. The van der Waals surface area contributed by atoms with E-state index >= 15 is 0 Å². The third-order valence-electron chi connectivity index (χ3n) is 6.04. The van der Waals surface area contributed by atoms with Crippen LogP contribution in [0.1, 0.15) is 26.3 Å². The summed E-state index contributed by atoms with van der Waals surface area (Å²) in [7, 11) is 0. The molecule has 0 amide bonds. The summed E-state index contributed by atoms with van der Waals surface area (Å²) in [5, 5.41) is 6.15. The molecule has 0 bridgehead atoms. The molecule has 2 aromatic heterocycles. The van der Waals surface area contributed by atoms with Gasteiger partial charge in [-0.15, -0.1) is 29.7 Å². The fourth-order valence-electron chi connectivity index (χ4n) is 4.63. The van der Waals surface area contributed by atoms with Gasteiger partial charge in [0.25, 0.3) is 0 Å². The van der Waals surface area contributed by atoms with Gasteiger partial charge < -0.3 is 9.55 Å². The number of hydrogen-bond acceptors (Lipinski definition) is 1. The van der Waals surface area contributed by atoms with Gasteiger partial charge in [0.05, 0.1) is 5.52 Å². The molecule has 0 aliphatic heterocycles. The van der Waals surface area contributed by atoms with Crippen LogP contribution in [0.3, 0.4) is 0 Å². The smallest absolute Gasteiger partial charge is 0.0534 e. The first-order valence-electron chi connectivity index (χ1n) is 10.1. The molecule has 6 aromatic rings. The molecule has 3 heteroatoms. The van der Waals surface area contributed by atoms with Crippen molar-refractivity contribution in [2.75, 3.05) is 0 Å². The fourth-order valence-corrected chi connectivity index (χ4v) is 4.63. The van der Waals surface area contributed by atoms with Crippen molar-refractivity contribution in [1.29, 1.82) is 0 Å². The van der Waals surface area contributed by atoms with Gasteiger partial charge in [-0.1, -0.05) is 55.8 Å². The molecule has 0 N–H and O–H groups in total. The molecular weight excluding hydrogens is 545 g/mol. The molecule has 0 saturated heterocycles. The van der Waals surface area contributed by atoms with E-state index in [1.807, 2.05) is 12.3 Å². The molecule has 0 saturated carbocycles. The third kappa shape index (κ3) is 2.56. The topological polar surface area (TPSA) is 17.8 Å². The molecule has 149 valence electrons. The van der Waals surface area contributed by atoms with Crippen molar-refractivity contribution in [3.8, 4) is 5.69 Å². The molecule has 0 fully saturated rings. The Morgan fingerprint density at radius 1 is 0.833 bits per heavy atom. The molecule has 4 aromatic carbocycles. The molecule has 2 heterocycles. The normalized spacial score (nSPS) is 12.2. The van der Waals surface area contributed by atoms with Gasteiger partial charge in [0.1, 0.15) is 0 Å². The summed E-state index contributed by atoms with van der Waals surface area (Å²) in [5.41, 5.74) is 6.06. The van der Waals surface area contributed by atoms with Gasteiger partial charge in [0, 0.05) is 37.5 Å². The summed E-state index contributed by atoms with van der Waals surface area (Å²) in [6.07, 6.45) is 1.93. The van der Waals surface area contributed by atoms with Gasteiger partial charge in [0.2, 0.25) is 0 Å². The van der Waals surface area contributed by atoms with Gasteiger partial charge in [-0.2, -0.15) is 0 Å². The molecule has 0 aliphatic rings. The summed E-state index contributed by atoms with van der Waals surface area (Å²) in [6.45, 7) is 6.85. The number of benzene rings is 4. The van der Waals surface area contributed by atoms with Crippen LogP contribution in [-0.2, 0) is 25.5 Å². The predicted molar refractivity (Wildman–Crippen MR) is 122 cm³/mol. The minimum Gasteiger partial charge on any atom is -0.310 e. The number of para-hydroxylation sites is 1. The van der Waals surface area contributed by atoms with Crippen LogP contribution in [0, 0.1) is 6.07 Å². The monoisotopic (exact) mass is 566 g/mol. The Morgan fingerprint density at radius 3 is 2.40 bits per heavy atom. The van der Waals surface area contributed by atoms with E-state index in [1.165, 1.54) is 43.8 Å². The minimum atomic E-state index is 0. The third-order valence-corrected chi connectivity index (χ3v) is 6.04. The second-order valence-corrected chi connectivity index (χ2v) is 8.85. The van der Waals surface area contributed by atoms with Crippen molar-refractivity contribution in [3.05, 3.63) is 84.6 Å². The molecule has 6 rings (SSSR count). The number of rotatable bonds is 1. The van der Waals surface area contributed by atoms with Gasteiger partial charge in [-0.05, 0) is 51.5 Å². The van der Waals surface area contributed by atoms with Crippen LogP contribution in [0.4, 0.5) is 0 Å². The van der Waals surface area contributed by atoms with E-state index in [4.69, 9.17) is 4.98 Å². The summed E-state index contributed by atoms with van der Waals surface area (Å²) in [5.74, 6) is 0. The minimum absolute atomic E-state index is 0. The van der Waals surface area contributed by atoms with Crippen LogP contribution in [0.15, 0.2) is 72.9 Å². The zero-order valence-corrected chi connectivity index (χ0v) is 19.6. The Bertz CT molecular complexity index is 1520. The van der Waals surface area contributed by atoms with E-state index in [-0.39, 0.29) is 25.5 Å². The quantitative estimate of drug-likeness (QED) is 0.155. The SMILES string of the molecule is CC(C)(C)c1cc2c3ccc[c-]c3c3nccc4c3c2c(c1)n4-c1ccccc1.[Ir]. The van der Waals surface area contributed by atoms with Crippen molar-refractivity contribution < 1.29 is 20.1 Å². The Hall–Kier alpha value is -2.74. The van der Waals surface area contributed by atoms with Crippen molar-refractivity contribution in [2.24, 2.45) is 0 Å². The van der Waals surface area contributed by atoms with Crippen molar-refractivity contribution in [2.45, 2.75) is 26.2 Å². The Labute approximate surface area is 189 Å². The van der Waals surface area contributed by atoms with Crippen molar-refractivity contribution in [3.63, 3.8) is 0 Å². The van der Waals surface area contributed by atoms with E-state index in [0.29, 0.717) is 0 Å². The number of fused-ring (bicyclic) bond motifs is 3. The van der Waals surface area contributed by atoms with Crippen molar-refractivity contribution >= 4 is 43.5 Å². The number of aromatic nitrogens is 2. The number of pyridine rings is 1. The average Bonchev–Trinajstić information content (AvgIpc) is 3.07. The maximum atomic E-state index is 4.80. The standard InChI is InChI=1S/C27H21N2.Ir/c1-27(2,3)17-15-21-19-11-7-8-12-20(19)26-25-22(13-14-28-26)29(23(16-17)24(21)25)18-9-5-4-6-10-18;/h4-11,13-16H,1-3H3;/q-1;. The van der Waals surface area contributed by atoms with Crippen LogP contribution in [-0.4, -0.2) is 9.55 Å². The van der Waals surface area contributed by atoms with E-state index in [0.717, 1.165) is 10.9 Å². The zero-order chi connectivity index (χ0) is 19.8. The Kier molecular flexibility index (Phi) is 4.25. The molecule has 2 nitrogen and oxygen atoms in total. The van der Waals surface area contributed by atoms with Gasteiger partial charge in [-0.25, -0.2) is 0 Å². The van der Waals surface area contributed by atoms with E-state index in [1.54, 1.807) is 0 Å². The van der Waals surface area contributed by atoms with Gasteiger partial charge in [0.15, 0.2) is 0 Å². The van der Waals surface area contributed by atoms with Crippen LogP contribution in [0.5, 0.6) is 0 Å². The summed E-state index contributed by atoms with van der Waals surface area (Å²) < 4.78 is 2.39. The Balaban J connectivity index is 0.00000193. The predicted octanol–water partition coefficient (Wildman–Crippen LogP) is 7.02. The van der Waals surface area contributed by atoms with Crippen LogP contribution < -0.4 is 0 Å². The Morgan fingerprint density at radius 2 is 1.63 bits per heavy atom. The first-order chi connectivity index (χ1) is 14.0. The summed E-state index contributed by atoms with van der Waals surface area (Å²) in [6, 6.07) is 27.3. The first kappa shape index (κ1) is 19.2. The van der Waals surface area contributed by atoms with Crippen LogP contribution in [0.2, 0.25) is 0 Å². The van der Waals surface area contributed by atoms with E-state index in [2.05, 4.69) is 92.1 Å². The van der Waals surface area contributed by atoms with Crippen LogP contribution >= 0.6 is 0 Å². The van der Waals surface area contributed by atoms with Gasteiger partial charge in [-0.3, -0.25) is 0 Å². The fraction of sp³-hybridized carbons (Fsp3) is 0.148.